The van der Waals surface area contributed by atoms with Crippen LogP contribution in [0.15, 0.2) is 49.2 Å². The third-order valence-corrected chi connectivity index (χ3v) is 3.21. The van der Waals surface area contributed by atoms with Gasteiger partial charge in [-0.15, -0.1) is 6.58 Å². The van der Waals surface area contributed by atoms with Gasteiger partial charge in [-0.1, -0.05) is 18.2 Å². The Labute approximate surface area is 120 Å². The molecule has 6 heteroatoms. The molecule has 0 radical (unpaired) electrons. The molecule has 0 aliphatic carbocycles. The van der Waals surface area contributed by atoms with Crippen molar-refractivity contribution in [1.82, 2.24) is 19.5 Å². The number of nitrogens with two attached hydrogens (primary N) is 1. The summed E-state index contributed by atoms with van der Waals surface area (Å²) < 4.78 is 1.76. The molecule has 3 rings (SSSR count). The first-order valence-electron chi connectivity index (χ1n) is 6.05. The van der Waals surface area contributed by atoms with Gasteiger partial charge in [0.25, 0.3) is 0 Å². The van der Waals surface area contributed by atoms with Crippen LogP contribution in [0, 0.1) is 0 Å². The minimum Gasteiger partial charge on any atom is -0.318 e. The molecular weight excluding hydrogens is 274 g/mol. The number of aromatic nitrogens is 4. The number of benzene rings is 1. The van der Waals surface area contributed by atoms with E-state index in [1.165, 1.54) is 0 Å². The zero-order valence-corrected chi connectivity index (χ0v) is 11.3. The summed E-state index contributed by atoms with van der Waals surface area (Å²) in [6, 6.07) is 9.02. The van der Waals surface area contributed by atoms with Crippen LogP contribution in [-0.2, 0) is 0 Å². The molecule has 0 bridgehead atoms. The lowest BCUT2D eigenvalue weighted by Gasteiger charge is -2.08. The molecule has 20 heavy (non-hydrogen) atoms. The van der Waals surface area contributed by atoms with Gasteiger partial charge in [0.05, 0.1) is 17.1 Å². The molecule has 2 aromatic heterocycles. The lowest BCUT2D eigenvalue weighted by atomic mass is 10.3. The van der Waals surface area contributed by atoms with Gasteiger partial charge in [0.15, 0.2) is 5.82 Å². The third-order valence-electron chi connectivity index (χ3n) is 2.96. The second kappa shape index (κ2) is 5.03. The second-order valence-electron chi connectivity index (χ2n) is 4.24. The van der Waals surface area contributed by atoms with Crippen LogP contribution in [0.2, 0.25) is 5.28 Å². The maximum atomic E-state index is 6.21. The Bertz CT molecular complexity index is 780. The fourth-order valence-corrected chi connectivity index (χ4v) is 2.24. The fraction of sp³-hybridized carbons (Fsp3) is 0.0714. The van der Waals surface area contributed by atoms with Crippen molar-refractivity contribution in [2.75, 3.05) is 0 Å². The molecule has 1 atom stereocenters. The van der Waals surface area contributed by atoms with Crippen LogP contribution in [0.25, 0.3) is 16.9 Å². The Morgan fingerprint density at radius 1 is 1.25 bits per heavy atom. The monoisotopic (exact) mass is 285 g/mol. The van der Waals surface area contributed by atoms with Crippen LogP contribution in [0.1, 0.15) is 11.9 Å². The normalized spacial score (nSPS) is 12.5. The highest BCUT2D eigenvalue weighted by atomic mass is 35.5. The molecule has 3 aromatic rings. The van der Waals surface area contributed by atoms with Crippen LogP contribution in [0.4, 0.5) is 0 Å². The fourth-order valence-electron chi connectivity index (χ4n) is 1.97. The Balaban J connectivity index is 2.20. The highest BCUT2D eigenvalue weighted by Crippen LogP contribution is 2.23. The van der Waals surface area contributed by atoms with Gasteiger partial charge in [-0.05, 0) is 29.8 Å². The van der Waals surface area contributed by atoms with Crippen molar-refractivity contribution in [2.24, 2.45) is 5.73 Å². The van der Waals surface area contributed by atoms with Gasteiger partial charge >= 0.3 is 0 Å². The molecule has 2 N–H and O–H groups in total. The van der Waals surface area contributed by atoms with E-state index in [9.17, 15) is 0 Å². The van der Waals surface area contributed by atoms with Crippen LogP contribution >= 0.6 is 11.6 Å². The molecule has 0 fully saturated rings. The van der Waals surface area contributed by atoms with Gasteiger partial charge in [0.2, 0.25) is 5.28 Å². The Morgan fingerprint density at radius 3 is 2.85 bits per heavy atom. The third kappa shape index (κ3) is 2.07. The topological polar surface area (TPSA) is 69.6 Å². The van der Waals surface area contributed by atoms with Crippen molar-refractivity contribution in [1.29, 1.82) is 0 Å². The molecule has 1 aromatic carbocycles. The first-order chi connectivity index (χ1) is 9.70. The smallest absolute Gasteiger partial charge is 0.209 e. The lowest BCUT2D eigenvalue weighted by Crippen LogP contribution is -2.12. The molecule has 1 unspecified atom stereocenters. The van der Waals surface area contributed by atoms with Gasteiger partial charge in [-0.25, -0.2) is 15.0 Å². The number of imidazole rings is 1. The summed E-state index contributed by atoms with van der Waals surface area (Å²) in [5.41, 5.74) is 7.56. The maximum absolute atomic E-state index is 6.21. The lowest BCUT2D eigenvalue weighted by molar-refractivity contribution is 0.795. The zero-order valence-electron chi connectivity index (χ0n) is 10.6. The number of hydrogen-bond donors (Lipinski definition) is 1. The second-order valence-corrected chi connectivity index (χ2v) is 4.58. The van der Waals surface area contributed by atoms with E-state index < -0.39 is 6.04 Å². The van der Waals surface area contributed by atoms with Gasteiger partial charge in [0.1, 0.15) is 5.82 Å². The largest absolute Gasteiger partial charge is 0.318 e. The number of fused-ring (bicyclic) bond motifs is 1. The van der Waals surface area contributed by atoms with Crippen molar-refractivity contribution in [3.8, 4) is 5.82 Å². The summed E-state index contributed by atoms with van der Waals surface area (Å²) in [5, 5.41) is 0.350. The van der Waals surface area contributed by atoms with Gasteiger partial charge < -0.3 is 5.73 Å². The van der Waals surface area contributed by atoms with Crippen molar-refractivity contribution in [3.63, 3.8) is 0 Å². The number of para-hydroxylation sites is 2. The molecule has 5 nitrogen and oxygen atoms in total. The number of nitrogens with zero attached hydrogens (tertiary/aromatic N) is 4. The van der Waals surface area contributed by atoms with E-state index in [0.29, 0.717) is 16.9 Å². The average Bonchev–Trinajstić information content (AvgIpc) is 2.82. The summed E-state index contributed by atoms with van der Waals surface area (Å²) in [7, 11) is 0. The molecule has 0 spiro atoms. The van der Waals surface area contributed by atoms with Gasteiger partial charge in [-0.2, -0.15) is 0 Å². The molecule has 0 saturated carbocycles. The average molecular weight is 286 g/mol. The summed E-state index contributed by atoms with van der Waals surface area (Å²) in [6.45, 7) is 3.65. The van der Waals surface area contributed by atoms with E-state index in [1.807, 2.05) is 24.3 Å². The van der Waals surface area contributed by atoms with E-state index in [1.54, 1.807) is 22.9 Å². The Morgan fingerprint density at radius 2 is 2.05 bits per heavy atom. The molecule has 100 valence electrons. The van der Waals surface area contributed by atoms with E-state index in [-0.39, 0.29) is 0 Å². The summed E-state index contributed by atoms with van der Waals surface area (Å²) >= 11 is 6.21. The van der Waals surface area contributed by atoms with E-state index >= 15 is 0 Å². The molecule has 0 aliphatic rings. The van der Waals surface area contributed by atoms with Gasteiger partial charge in [-0.3, -0.25) is 4.57 Å². The summed E-state index contributed by atoms with van der Waals surface area (Å²) in [4.78, 5) is 12.9. The van der Waals surface area contributed by atoms with Gasteiger partial charge in [0, 0.05) is 6.20 Å². The molecule has 0 amide bonds. The molecular formula is C14H12ClN5. The highest BCUT2D eigenvalue weighted by molar-refractivity contribution is 6.29. The van der Waals surface area contributed by atoms with Crippen LogP contribution in [0.3, 0.4) is 0 Å². The van der Waals surface area contributed by atoms with Crippen molar-refractivity contribution >= 4 is 22.6 Å². The van der Waals surface area contributed by atoms with E-state index in [2.05, 4.69) is 21.5 Å². The first kappa shape index (κ1) is 12.8. The molecule has 0 aliphatic heterocycles. The minimum absolute atomic E-state index is 0.350. The quantitative estimate of drug-likeness (QED) is 0.751. The number of rotatable bonds is 3. The Kier molecular flexibility index (Phi) is 3.22. The highest BCUT2D eigenvalue weighted by Gasteiger charge is 2.13. The summed E-state index contributed by atoms with van der Waals surface area (Å²) in [5.74, 6) is 1.12. The maximum Gasteiger partial charge on any atom is 0.209 e. The number of halogens is 1. The Hall–Kier alpha value is -2.24. The first-order valence-corrected chi connectivity index (χ1v) is 6.43. The van der Waals surface area contributed by atoms with Crippen molar-refractivity contribution in [2.45, 2.75) is 6.04 Å². The molecule has 0 saturated heterocycles. The standard InChI is InChI=1S/C14H12ClN5/c1-2-9(16)13-17-8-7-12(19-13)20-11-6-4-3-5-10(11)18-14(20)15/h2-9H,1,16H2. The zero-order chi connectivity index (χ0) is 14.1. The van der Waals surface area contributed by atoms with Crippen LogP contribution in [-0.4, -0.2) is 19.5 Å². The van der Waals surface area contributed by atoms with E-state index in [0.717, 1.165) is 11.0 Å². The van der Waals surface area contributed by atoms with Crippen LogP contribution < -0.4 is 5.73 Å². The van der Waals surface area contributed by atoms with Crippen molar-refractivity contribution in [3.05, 3.63) is 60.3 Å². The molecule has 2 heterocycles. The minimum atomic E-state index is -0.413. The van der Waals surface area contributed by atoms with Crippen molar-refractivity contribution < 1.29 is 0 Å². The van der Waals surface area contributed by atoms with E-state index in [4.69, 9.17) is 17.3 Å². The predicted molar refractivity (Wildman–Crippen MR) is 78.8 cm³/mol. The van der Waals surface area contributed by atoms with Crippen LogP contribution in [0.5, 0.6) is 0 Å². The summed E-state index contributed by atoms with van der Waals surface area (Å²) in [6.07, 6.45) is 3.23. The predicted octanol–water partition coefficient (Wildman–Crippen LogP) is 2.65. The number of hydrogen-bond acceptors (Lipinski definition) is 4. The SMILES string of the molecule is C=CC(N)c1nccc(-n2c(Cl)nc3ccccc32)n1.